The van der Waals surface area contributed by atoms with Crippen LogP contribution in [0.2, 0.25) is 0 Å². The van der Waals surface area contributed by atoms with Crippen LogP contribution in [0.1, 0.15) is 147 Å². The predicted molar refractivity (Wildman–Crippen MR) is 159 cm³/mol. The van der Waals surface area contributed by atoms with Crippen LogP contribution in [0.4, 0.5) is 0 Å². The Hall–Kier alpha value is -0.260. The van der Waals surface area contributed by atoms with E-state index in [1.807, 2.05) is 13.8 Å². The SMILES string of the molecule is C=C(C)CCC(C)C1CCC2C3C(C)CC4CC(CC)CCC4(C)C3CCC12C.CC.CC(C)C. The smallest absolute Gasteiger partial charge is 0.0264 e. The summed E-state index contributed by atoms with van der Waals surface area (Å²) in [7, 11) is 0. The molecule has 0 aromatic carbocycles. The molecule has 0 aromatic rings. The Kier molecular flexibility index (Phi) is 11.5. The molecule has 4 aliphatic carbocycles. The van der Waals surface area contributed by atoms with Gasteiger partial charge in [0, 0.05) is 0 Å². The van der Waals surface area contributed by atoms with Gasteiger partial charge in [-0.2, -0.15) is 0 Å². The van der Waals surface area contributed by atoms with Gasteiger partial charge in [-0.15, -0.1) is 6.58 Å². The van der Waals surface area contributed by atoms with Crippen LogP contribution < -0.4 is 0 Å². The van der Waals surface area contributed by atoms with Crippen molar-refractivity contribution in [2.24, 2.45) is 64.1 Å². The van der Waals surface area contributed by atoms with Crippen molar-refractivity contribution in [1.29, 1.82) is 0 Å². The highest BCUT2D eigenvalue weighted by Gasteiger charge is 2.62. The van der Waals surface area contributed by atoms with Crippen LogP contribution in [0, 0.1) is 64.1 Å². The fraction of sp³-hybridized carbons (Fsp3) is 0.943. The van der Waals surface area contributed by atoms with Gasteiger partial charge in [0.1, 0.15) is 0 Å². The Labute approximate surface area is 222 Å². The minimum absolute atomic E-state index is 0.619. The maximum Gasteiger partial charge on any atom is -0.0264 e. The van der Waals surface area contributed by atoms with Crippen molar-refractivity contribution in [2.45, 2.75) is 147 Å². The largest absolute Gasteiger partial charge is 0.100 e. The fourth-order valence-corrected chi connectivity index (χ4v) is 9.75. The van der Waals surface area contributed by atoms with E-state index >= 15 is 0 Å². The molecule has 35 heavy (non-hydrogen) atoms. The van der Waals surface area contributed by atoms with Gasteiger partial charge in [0.25, 0.3) is 0 Å². The molecule has 10 unspecified atom stereocenters. The van der Waals surface area contributed by atoms with Crippen LogP contribution in [-0.2, 0) is 0 Å². The Balaban J connectivity index is 0.000000655. The molecule has 0 aromatic heterocycles. The molecule has 4 rings (SSSR count). The minimum atomic E-state index is 0.619. The summed E-state index contributed by atoms with van der Waals surface area (Å²) in [5.41, 5.74) is 2.66. The van der Waals surface area contributed by atoms with E-state index in [-0.39, 0.29) is 0 Å². The molecule has 0 N–H and O–H groups in total. The lowest BCUT2D eigenvalue weighted by Gasteiger charge is -2.63. The highest BCUT2D eigenvalue weighted by atomic mass is 14.7. The van der Waals surface area contributed by atoms with Crippen molar-refractivity contribution in [3.05, 3.63) is 12.2 Å². The number of fused-ring (bicyclic) bond motifs is 5. The van der Waals surface area contributed by atoms with Crippen molar-refractivity contribution in [1.82, 2.24) is 0 Å². The Morgan fingerprint density at radius 3 is 2.03 bits per heavy atom. The number of hydrogen-bond donors (Lipinski definition) is 0. The first kappa shape index (κ1) is 31.0. The van der Waals surface area contributed by atoms with Crippen LogP contribution in [0.5, 0.6) is 0 Å². The lowest BCUT2D eigenvalue weighted by atomic mass is 9.42. The first-order valence-electron chi connectivity index (χ1n) is 16.1. The molecule has 10 atom stereocenters. The number of rotatable bonds is 5. The Morgan fingerprint density at radius 1 is 0.886 bits per heavy atom. The normalized spacial score (nSPS) is 42.9. The summed E-state index contributed by atoms with van der Waals surface area (Å²) in [6.45, 7) is 30.0. The molecular weight excluding hydrogens is 420 g/mol. The molecule has 4 saturated carbocycles. The van der Waals surface area contributed by atoms with Crippen LogP contribution in [0.15, 0.2) is 12.2 Å². The highest BCUT2D eigenvalue weighted by molar-refractivity contribution is 5.11. The molecule has 0 spiro atoms. The van der Waals surface area contributed by atoms with E-state index in [2.05, 4.69) is 68.9 Å². The summed E-state index contributed by atoms with van der Waals surface area (Å²) in [5, 5.41) is 0. The van der Waals surface area contributed by atoms with E-state index in [1.165, 1.54) is 69.8 Å². The molecule has 0 bridgehead atoms. The van der Waals surface area contributed by atoms with E-state index in [0.29, 0.717) is 10.8 Å². The molecule has 0 radical (unpaired) electrons. The van der Waals surface area contributed by atoms with Crippen molar-refractivity contribution in [2.75, 3.05) is 0 Å². The molecule has 0 saturated heterocycles. The second-order valence-electron chi connectivity index (χ2n) is 14.7. The van der Waals surface area contributed by atoms with Gasteiger partial charge in [-0.25, -0.2) is 0 Å². The van der Waals surface area contributed by atoms with Gasteiger partial charge in [0.2, 0.25) is 0 Å². The highest BCUT2D eigenvalue weighted by Crippen LogP contribution is 2.69. The molecule has 4 aliphatic rings. The third kappa shape index (κ3) is 6.60. The van der Waals surface area contributed by atoms with Gasteiger partial charge in [-0.05, 0) is 135 Å². The fourth-order valence-electron chi connectivity index (χ4n) is 9.75. The molecule has 4 fully saturated rings. The minimum Gasteiger partial charge on any atom is -0.100 e. The second kappa shape index (κ2) is 13.0. The van der Waals surface area contributed by atoms with Gasteiger partial charge in [-0.1, -0.05) is 81.2 Å². The first-order valence-corrected chi connectivity index (χ1v) is 16.1. The lowest BCUT2D eigenvalue weighted by molar-refractivity contribution is -0.143. The topological polar surface area (TPSA) is 0 Å². The Bertz CT molecular complexity index is 642. The lowest BCUT2D eigenvalue weighted by Crippen LogP contribution is -2.56. The van der Waals surface area contributed by atoms with Gasteiger partial charge in [-0.3, -0.25) is 0 Å². The monoisotopic (exact) mass is 487 g/mol. The van der Waals surface area contributed by atoms with E-state index in [4.69, 9.17) is 0 Å². The van der Waals surface area contributed by atoms with Crippen molar-refractivity contribution < 1.29 is 0 Å². The summed E-state index contributed by atoms with van der Waals surface area (Å²) in [6.07, 6.45) is 16.2. The molecule has 0 nitrogen and oxygen atoms in total. The van der Waals surface area contributed by atoms with E-state index in [9.17, 15) is 0 Å². The zero-order valence-corrected chi connectivity index (χ0v) is 26.2. The van der Waals surface area contributed by atoms with Crippen molar-refractivity contribution in [3.63, 3.8) is 0 Å². The number of allylic oxidation sites excluding steroid dienone is 1. The second-order valence-corrected chi connectivity index (χ2v) is 14.7. The summed E-state index contributed by atoms with van der Waals surface area (Å²) in [4.78, 5) is 0. The standard InChI is InChI=1S/C29H50.C4H10.C2H6/c1-8-22-13-15-28(6)23(18-22)17-21(5)27-25-12-11-24(20(4)10-9-19(2)3)29(25,7)16-14-26(27)28;1-4(2)3;1-2/h20-27H,2,8-18H2,1,3-7H3;4H,1-3H3;1-2H3. The zero-order chi connectivity index (χ0) is 26.6. The third-order valence-electron chi connectivity index (χ3n) is 11.5. The number of hydrogen-bond acceptors (Lipinski definition) is 0. The van der Waals surface area contributed by atoms with Crippen LogP contribution in [-0.4, -0.2) is 0 Å². The summed E-state index contributed by atoms with van der Waals surface area (Å²) in [6, 6.07) is 0. The van der Waals surface area contributed by atoms with Gasteiger partial charge in [0.05, 0.1) is 0 Å². The zero-order valence-electron chi connectivity index (χ0n) is 26.2. The maximum absolute atomic E-state index is 4.17. The quantitative estimate of drug-likeness (QED) is 0.339. The molecule has 0 amide bonds. The van der Waals surface area contributed by atoms with E-state index in [0.717, 1.165) is 53.3 Å². The summed E-state index contributed by atoms with van der Waals surface area (Å²) < 4.78 is 0. The third-order valence-corrected chi connectivity index (χ3v) is 11.5. The van der Waals surface area contributed by atoms with Gasteiger partial charge < -0.3 is 0 Å². The molecule has 0 heteroatoms. The van der Waals surface area contributed by atoms with Gasteiger partial charge >= 0.3 is 0 Å². The van der Waals surface area contributed by atoms with Gasteiger partial charge in [0.15, 0.2) is 0 Å². The van der Waals surface area contributed by atoms with Crippen LogP contribution in [0.3, 0.4) is 0 Å². The predicted octanol–water partition coefficient (Wildman–Crippen LogP) is 11.6. The van der Waals surface area contributed by atoms with E-state index in [1.54, 1.807) is 6.42 Å². The maximum atomic E-state index is 4.17. The molecule has 206 valence electrons. The average molecular weight is 487 g/mol. The Morgan fingerprint density at radius 2 is 1.46 bits per heavy atom. The molecular formula is C35H66. The molecule has 0 heterocycles. The first-order chi connectivity index (χ1) is 16.4. The van der Waals surface area contributed by atoms with Crippen molar-refractivity contribution >= 4 is 0 Å². The summed E-state index contributed by atoms with van der Waals surface area (Å²) in [5.74, 6) is 8.73. The summed E-state index contributed by atoms with van der Waals surface area (Å²) >= 11 is 0. The van der Waals surface area contributed by atoms with Crippen LogP contribution in [0.25, 0.3) is 0 Å². The van der Waals surface area contributed by atoms with E-state index < -0.39 is 0 Å². The van der Waals surface area contributed by atoms with Crippen molar-refractivity contribution in [3.8, 4) is 0 Å². The van der Waals surface area contributed by atoms with Crippen LogP contribution >= 0.6 is 0 Å². The average Bonchev–Trinajstić information content (AvgIpc) is 3.16. The molecule has 0 aliphatic heterocycles.